The Bertz CT molecular complexity index is 250. The first-order valence-corrected chi connectivity index (χ1v) is 4.33. The molecule has 13 heavy (non-hydrogen) atoms. The van der Waals surface area contributed by atoms with Crippen LogP contribution in [0.25, 0.3) is 0 Å². The smallest absolute Gasteiger partial charge is 0.0948 e. The summed E-state index contributed by atoms with van der Waals surface area (Å²) in [5.41, 5.74) is 1.08. The number of rotatable bonds is 3. The molecular formula is C8H13N3O2. The average Bonchev–Trinajstić information content (AvgIpc) is 2.72. The Morgan fingerprint density at radius 2 is 2.62 bits per heavy atom. The molecule has 72 valence electrons. The van der Waals surface area contributed by atoms with Crippen LogP contribution < -0.4 is 5.32 Å². The van der Waals surface area contributed by atoms with Crippen LogP contribution >= 0.6 is 0 Å². The molecule has 1 aliphatic heterocycles. The second-order valence-electron chi connectivity index (χ2n) is 3.20. The van der Waals surface area contributed by atoms with Crippen molar-refractivity contribution in [3.05, 3.63) is 18.0 Å². The van der Waals surface area contributed by atoms with E-state index in [1.807, 2.05) is 6.20 Å². The molecule has 2 atom stereocenters. The highest BCUT2D eigenvalue weighted by molar-refractivity contribution is 5.02. The van der Waals surface area contributed by atoms with E-state index in [-0.39, 0.29) is 12.1 Å². The third-order valence-electron chi connectivity index (χ3n) is 2.17. The van der Waals surface area contributed by atoms with Gasteiger partial charge in [-0.05, 0) is 0 Å². The fourth-order valence-corrected chi connectivity index (χ4v) is 1.36. The van der Waals surface area contributed by atoms with E-state index in [9.17, 15) is 5.11 Å². The second-order valence-corrected chi connectivity index (χ2v) is 3.20. The number of nitrogens with one attached hydrogen (secondary N) is 2. The lowest BCUT2D eigenvalue weighted by molar-refractivity contribution is 0.122. The number of aliphatic hydroxyl groups is 1. The summed E-state index contributed by atoms with van der Waals surface area (Å²) in [7, 11) is 0. The maximum atomic E-state index is 9.41. The predicted molar refractivity (Wildman–Crippen MR) is 46.0 cm³/mol. The molecule has 0 aliphatic carbocycles. The first-order chi connectivity index (χ1) is 6.36. The number of nitrogens with zero attached hydrogens (tertiary/aromatic N) is 1. The summed E-state index contributed by atoms with van der Waals surface area (Å²) < 4.78 is 5.10. The monoisotopic (exact) mass is 183 g/mol. The fraction of sp³-hybridized carbons (Fsp3) is 0.625. The van der Waals surface area contributed by atoms with Crippen molar-refractivity contribution >= 4 is 0 Å². The van der Waals surface area contributed by atoms with Gasteiger partial charge in [0, 0.05) is 18.3 Å². The molecule has 0 bridgehead atoms. The number of aromatic nitrogens is 2. The van der Waals surface area contributed by atoms with E-state index in [2.05, 4.69) is 15.5 Å². The average molecular weight is 183 g/mol. The topological polar surface area (TPSA) is 70.2 Å². The van der Waals surface area contributed by atoms with Gasteiger partial charge in [-0.25, -0.2) is 0 Å². The Labute approximate surface area is 76.1 Å². The van der Waals surface area contributed by atoms with Crippen LogP contribution in [0.3, 0.4) is 0 Å². The summed E-state index contributed by atoms with van der Waals surface area (Å²) in [5, 5.41) is 19.2. The predicted octanol–water partition coefficient (Wildman–Crippen LogP) is -0.741. The largest absolute Gasteiger partial charge is 0.389 e. The zero-order valence-electron chi connectivity index (χ0n) is 7.23. The molecule has 0 radical (unpaired) electrons. The Kier molecular flexibility index (Phi) is 2.58. The lowest BCUT2D eigenvalue weighted by Gasteiger charge is -2.13. The van der Waals surface area contributed by atoms with Crippen molar-refractivity contribution in [1.82, 2.24) is 15.5 Å². The standard InChI is InChI=1S/C8H13N3O2/c12-8-5-13-4-7(8)9-1-6-2-10-11-3-6/h2-3,7-9,12H,1,4-5H2,(H,10,11). The Balaban J connectivity index is 1.79. The third-order valence-corrected chi connectivity index (χ3v) is 2.17. The molecule has 0 spiro atoms. The van der Waals surface area contributed by atoms with Crippen LogP contribution in [0.4, 0.5) is 0 Å². The van der Waals surface area contributed by atoms with Crippen molar-refractivity contribution in [1.29, 1.82) is 0 Å². The first-order valence-electron chi connectivity index (χ1n) is 4.33. The molecule has 1 aromatic heterocycles. The van der Waals surface area contributed by atoms with E-state index in [4.69, 9.17) is 4.74 Å². The zero-order chi connectivity index (χ0) is 9.10. The molecule has 3 N–H and O–H groups in total. The number of ether oxygens (including phenoxy) is 1. The van der Waals surface area contributed by atoms with E-state index < -0.39 is 0 Å². The van der Waals surface area contributed by atoms with E-state index in [1.54, 1.807) is 6.20 Å². The number of aliphatic hydroxyl groups excluding tert-OH is 1. The van der Waals surface area contributed by atoms with Gasteiger partial charge in [0.05, 0.1) is 31.6 Å². The van der Waals surface area contributed by atoms with Crippen molar-refractivity contribution < 1.29 is 9.84 Å². The molecule has 1 saturated heterocycles. The molecule has 2 heterocycles. The lowest BCUT2D eigenvalue weighted by atomic mass is 10.2. The van der Waals surface area contributed by atoms with Gasteiger partial charge in [0.15, 0.2) is 0 Å². The van der Waals surface area contributed by atoms with Gasteiger partial charge in [-0.2, -0.15) is 5.10 Å². The van der Waals surface area contributed by atoms with Crippen LogP contribution in [0.2, 0.25) is 0 Å². The summed E-state index contributed by atoms with van der Waals surface area (Å²) >= 11 is 0. The van der Waals surface area contributed by atoms with Crippen LogP contribution in [0.5, 0.6) is 0 Å². The Hall–Kier alpha value is -0.910. The Morgan fingerprint density at radius 3 is 3.23 bits per heavy atom. The molecule has 1 aliphatic rings. The van der Waals surface area contributed by atoms with Gasteiger partial charge in [-0.1, -0.05) is 0 Å². The minimum atomic E-state index is -0.382. The normalized spacial score (nSPS) is 28.1. The molecule has 0 amide bonds. The third kappa shape index (κ3) is 2.06. The molecule has 2 unspecified atom stereocenters. The van der Waals surface area contributed by atoms with Crippen LogP contribution in [-0.4, -0.2) is 40.7 Å². The summed E-state index contributed by atoms with van der Waals surface area (Å²) in [4.78, 5) is 0. The molecular weight excluding hydrogens is 170 g/mol. The van der Waals surface area contributed by atoms with Crippen LogP contribution in [0, 0.1) is 0 Å². The van der Waals surface area contributed by atoms with Gasteiger partial charge < -0.3 is 15.2 Å². The highest BCUT2D eigenvalue weighted by atomic mass is 16.5. The molecule has 1 aromatic rings. The maximum Gasteiger partial charge on any atom is 0.0948 e. The van der Waals surface area contributed by atoms with Gasteiger partial charge in [-0.3, -0.25) is 5.10 Å². The number of aromatic amines is 1. The summed E-state index contributed by atoms with van der Waals surface area (Å²) in [6.07, 6.45) is 3.21. The molecule has 0 aromatic carbocycles. The molecule has 1 fully saturated rings. The van der Waals surface area contributed by atoms with Crippen molar-refractivity contribution in [3.8, 4) is 0 Å². The highest BCUT2D eigenvalue weighted by Crippen LogP contribution is 2.05. The molecule has 5 nitrogen and oxygen atoms in total. The molecule has 0 saturated carbocycles. The minimum absolute atomic E-state index is 0.0508. The quantitative estimate of drug-likeness (QED) is 0.577. The summed E-state index contributed by atoms with van der Waals surface area (Å²) in [5.74, 6) is 0. The maximum absolute atomic E-state index is 9.41. The van der Waals surface area contributed by atoms with E-state index in [0.29, 0.717) is 19.8 Å². The first kappa shape index (κ1) is 8.68. The van der Waals surface area contributed by atoms with Gasteiger partial charge in [0.25, 0.3) is 0 Å². The van der Waals surface area contributed by atoms with Gasteiger partial charge >= 0.3 is 0 Å². The lowest BCUT2D eigenvalue weighted by Crippen LogP contribution is -2.38. The number of hydrogen-bond acceptors (Lipinski definition) is 4. The van der Waals surface area contributed by atoms with Gasteiger partial charge in [0.2, 0.25) is 0 Å². The molecule has 5 heteroatoms. The minimum Gasteiger partial charge on any atom is -0.389 e. The van der Waals surface area contributed by atoms with Crippen LogP contribution in [0.15, 0.2) is 12.4 Å². The van der Waals surface area contributed by atoms with E-state index in [1.165, 1.54) is 0 Å². The van der Waals surface area contributed by atoms with Crippen molar-refractivity contribution in [2.24, 2.45) is 0 Å². The second kappa shape index (κ2) is 3.87. The number of H-pyrrole nitrogens is 1. The van der Waals surface area contributed by atoms with E-state index in [0.717, 1.165) is 5.56 Å². The van der Waals surface area contributed by atoms with Crippen molar-refractivity contribution in [3.63, 3.8) is 0 Å². The van der Waals surface area contributed by atoms with Gasteiger partial charge in [0.1, 0.15) is 0 Å². The molecule has 2 rings (SSSR count). The fourth-order valence-electron chi connectivity index (χ4n) is 1.36. The van der Waals surface area contributed by atoms with Gasteiger partial charge in [-0.15, -0.1) is 0 Å². The highest BCUT2D eigenvalue weighted by Gasteiger charge is 2.25. The van der Waals surface area contributed by atoms with Crippen molar-refractivity contribution in [2.75, 3.05) is 13.2 Å². The van der Waals surface area contributed by atoms with Crippen LogP contribution in [-0.2, 0) is 11.3 Å². The van der Waals surface area contributed by atoms with E-state index >= 15 is 0 Å². The Morgan fingerprint density at radius 1 is 1.69 bits per heavy atom. The SMILES string of the molecule is OC1COCC1NCc1cn[nH]c1. The van der Waals surface area contributed by atoms with Crippen molar-refractivity contribution in [2.45, 2.75) is 18.7 Å². The van der Waals surface area contributed by atoms with Crippen LogP contribution in [0.1, 0.15) is 5.56 Å². The summed E-state index contributed by atoms with van der Waals surface area (Å²) in [6, 6.07) is 0.0508. The summed E-state index contributed by atoms with van der Waals surface area (Å²) in [6.45, 7) is 1.73. The number of hydrogen-bond donors (Lipinski definition) is 3. The zero-order valence-corrected chi connectivity index (χ0v) is 7.23.